The van der Waals surface area contributed by atoms with Crippen molar-refractivity contribution in [2.45, 2.75) is 26.2 Å². The van der Waals surface area contributed by atoms with Gasteiger partial charge >= 0.3 is 6.09 Å². The average Bonchev–Trinajstić information content (AvgIpc) is 2.42. The van der Waals surface area contributed by atoms with E-state index in [1.807, 2.05) is 13.0 Å². The smallest absolute Gasteiger partial charge is 0.412 e. The van der Waals surface area contributed by atoms with Gasteiger partial charge in [0.05, 0.1) is 0 Å². The third kappa shape index (κ3) is 4.03. The van der Waals surface area contributed by atoms with Gasteiger partial charge in [-0.25, -0.2) is 4.79 Å². The molecule has 0 aliphatic carbocycles. The van der Waals surface area contributed by atoms with Crippen LogP contribution in [0, 0.1) is 6.92 Å². The number of piperidine rings is 1. The van der Waals surface area contributed by atoms with Crippen LogP contribution in [-0.4, -0.2) is 30.9 Å². The Bertz CT molecular complexity index is 444. The minimum atomic E-state index is -0.300. The maximum Gasteiger partial charge on any atom is 0.412 e. The van der Waals surface area contributed by atoms with Crippen LogP contribution in [0.2, 0.25) is 5.02 Å². The Labute approximate surface area is 118 Å². The molecule has 0 unspecified atom stereocenters. The predicted octanol–water partition coefficient (Wildman–Crippen LogP) is 3.61. The Kier molecular flexibility index (Phi) is 4.91. The van der Waals surface area contributed by atoms with Crippen molar-refractivity contribution in [3.63, 3.8) is 0 Å². The molecule has 0 aromatic heterocycles. The number of benzene rings is 1. The summed E-state index contributed by atoms with van der Waals surface area (Å²) >= 11 is 5.86. The summed E-state index contributed by atoms with van der Waals surface area (Å²) in [5.74, 6) is 0.677. The highest BCUT2D eigenvalue weighted by Crippen LogP contribution is 2.21. The lowest BCUT2D eigenvalue weighted by Crippen LogP contribution is -2.36. The number of carbonyl (C=O) groups excluding carboxylic acids is 1. The first-order chi connectivity index (χ1) is 9.16. The molecule has 19 heavy (non-hydrogen) atoms. The number of hydrogen-bond acceptors (Lipinski definition) is 3. The van der Waals surface area contributed by atoms with Gasteiger partial charge in [0, 0.05) is 18.1 Å². The lowest BCUT2D eigenvalue weighted by atomic mass is 10.1. The third-order valence-electron chi connectivity index (χ3n) is 3.15. The molecule has 0 atom stereocenters. The second kappa shape index (κ2) is 6.66. The van der Waals surface area contributed by atoms with Crippen molar-refractivity contribution in [1.82, 2.24) is 4.90 Å². The molecular weight excluding hydrogens is 266 g/mol. The zero-order valence-corrected chi connectivity index (χ0v) is 11.8. The quantitative estimate of drug-likeness (QED) is 0.796. The van der Waals surface area contributed by atoms with E-state index in [0.717, 1.165) is 31.5 Å². The first-order valence-electron chi connectivity index (χ1n) is 6.47. The molecule has 1 aromatic rings. The monoisotopic (exact) mass is 283 g/mol. The minimum absolute atomic E-state index is 0.0716. The molecule has 1 saturated heterocycles. The van der Waals surface area contributed by atoms with Crippen molar-refractivity contribution in [3.05, 3.63) is 28.8 Å². The van der Waals surface area contributed by atoms with E-state index in [-0.39, 0.29) is 12.9 Å². The molecule has 4 nitrogen and oxygen atoms in total. The van der Waals surface area contributed by atoms with Crippen molar-refractivity contribution in [1.29, 1.82) is 0 Å². The van der Waals surface area contributed by atoms with Gasteiger partial charge in [-0.3, -0.25) is 0 Å². The maximum absolute atomic E-state index is 11.7. The summed E-state index contributed by atoms with van der Waals surface area (Å²) in [5, 5.41) is 0.662. The van der Waals surface area contributed by atoms with Crippen LogP contribution in [0.25, 0.3) is 0 Å². The first kappa shape index (κ1) is 14.0. The Morgan fingerprint density at radius 2 is 2.05 bits per heavy atom. The van der Waals surface area contributed by atoms with Gasteiger partial charge < -0.3 is 14.4 Å². The topological polar surface area (TPSA) is 38.8 Å². The second-order valence-electron chi connectivity index (χ2n) is 4.63. The predicted molar refractivity (Wildman–Crippen MR) is 73.6 cm³/mol. The van der Waals surface area contributed by atoms with Crippen molar-refractivity contribution in [2.24, 2.45) is 0 Å². The molecule has 1 heterocycles. The van der Waals surface area contributed by atoms with E-state index in [4.69, 9.17) is 21.1 Å². The molecular formula is C14H18ClNO3. The molecule has 0 radical (unpaired) electrons. The molecule has 2 rings (SSSR count). The summed E-state index contributed by atoms with van der Waals surface area (Å²) in [6.45, 7) is 3.38. The number of nitrogens with zero attached hydrogens (tertiary/aromatic N) is 1. The molecule has 1 fully saturated rings. The van der Waals surface area contributed by atoms with Crippen molar-refractivity contribution < 1.29 is 14.3 Å². The number of rotatable bonds is 3. The van der Waals surface area contributed by atoms with Crippen molar-refractivity contribution in [3.8, 4) is 5.75 Å². The summed E-state index contributed by atoms with van der Waals surface area (Å²) in [5.41, 5.74) is 0.918. The van der Waals surface area contributed by atoms with Gasteiger partial charge in [0.2, 0.25) is 6.79 Å². The molecule has 104 valence electrons. The molecule has 1 aliphatic rings. The van der Waals surface area contributed by atoms with Crippen LogP contribution in [0.15, 0.2) is 18.2 Å². The van der Waals surface area contributed by atoms with Crippen molar-refractivity contribution >= 4 is 17.7 Å². The van der Waals surface area contributed by atoms with Gasteiger partial charge in [-0.05, 0) is 49.9 Å². The lowest BCUT2D eigenvalue weighted by molar-refractivity contribution is 0.0313. The van der Waals surface area contributed by atoms with E-state index >= 15 is 0 Å². The van der Waals surface area contributed by atoms with Crippen molar-refractivity contribution in [2.75, 3.05) is 19.9 Å². The zero-order chi connectivity index (χ0) is 13.7. The number of aryl methyl sites for hydroxylation is 1. The molecule has 0 N–H and O–H groups in total. The first-order valence-corrected chi connectivity index (χ1v) is 6.85. The molecule has 0 spiro atoms. The lowest BCUT2D eigenvalue weighted by Gasteiger charge is -2.25. The highest BCUT2D eigenvalue weighted by molar-refractivity contribution is 6.30. The van der Waals surface area contributed by atoms with Gasteiger partial charge in [-0.2, -0.15) is 0 Å². The molecule has 0 saturated carbocycles. The van der Waals surface area contributed by atoms with Gasteiger partial charge in [-0.15, -0.1) is 0 Å². The number of halogens is 1. The number of amides is 1. The summed E-state index contributed by atoms with van der Waals surface area (Å²) in [6.07, 6.45) is 2.98. The van der Waals surface area contributed by atoms with E-state index in [9.17, 15) is 4.79 Å². The van der Waals surface area contributed by atoms with Crippen LogP contribution < -0.4 is 4.74 Å². The molecule has 1 aromatic carbocycles. The van der Waals surface area contributed by atoms with Crippen LogP contribution >= 0.6 is 11.6 Å². The number of ether oxygens (including phenoxy) is 2. The van der Waals surface area contributed by atoms with Crippen LogP contribution in [0.4, 0.5) is 4.79 Å². The van der Waals surface area contributed by atoms with E-state index in [1.54, 1.807) is 17.0 Å². The van der Waals surface area contributed by atoms with Gasteiger partial charge in [-0.1, -0.05) is 11.6 Å². The van der Waals surface area contributed by atoms with Crippen LogP contribution in [0.3, 0.4) is 0 Å². The Morgan fingerprint density at radius 1 is 1.32 bits per heavy atom. The summed E-state index contributed by atoms with van der Waals surface area (Å²) < 4.78 is 10.5. The van der Waals surface area contributed by atoms with E-state index < -0.39 is 0 Å². The molecule has 1 aliphatic heterocycles. The number of hydrogen-bond donors (Lipinski definition) is 0. The fourth-order valence-electron chi connectivity index (χ4n) is 2.09. The van der Waals surface area contributed by atoms with Gasteiger partial charge in [0.15, 0.2) is 0 Å². The summed E-state index contributed by atoms with van der Waals surface area (Å²) in [4.78, 5) is 13.5. The minimum Gasteiger partial charge on any atom is -0.457 e. The average molecular weight is 284 g/mol. The van der Waals surface area contributed by atoms with Gasteiger partial charge in [0.25, 0.3) is 0 Å². The standard InChI is InChI=1S/C14H18ClNO3/c1-11-9-12(15)5-6-13(11)18-10-19-14(17)16-7-3-2-4-8-16/h5-6,9H,2-4,7-8,10H2,1H3. The van der Waals surface area contributed by atoms with Gasteiger partial charge in [0.1, 0.15) is 5.75 Å². The third-order valence-corrected chi connectivity index (χ3v) is 3.38. The fourth-order valence-corrected chi connectivity index (χ4v) is 2.31. The maximum atomic E-state index is 11.7. The van der Waals surface area contributed by atoms with Crippen LogP contribution in [-0.2, 0) is 4.74 Å². The normalized spacial score (nSPS) is 15.2. The highest BCUT2D eigenvalue weighted by Gasteiger charge is 2.17. The summed E-state index contributed by atoms with van der Waals surface area (Å²) in [6, 6.07) is 5.33. The Morgan fingerprint density at radius 3 is 2.74 bits per heavy atom. The zero-order valence-electron chi connectivity index (χ0n) is 11.0. The molecule has 0 bridgehead atoms. The molecule has 5 heteroatoms. The SMILES string of the molecule is Cc1cc(Cl)ccc1OCOC(=O)N1CCCCC1. The summed E-state index contributed by atoms with van der Waals surface area (Å²) in [7, 11) is 0. The van der Waals surface area contributed by atoms with Crippen LogP contribution in [0.5, 0.6) is 5.75 Å². The molecule has 1 amide bonds. The highest BCUT2D eigenvalue weighted by atomic mass is 35.5. The Balaban J connectivity index is 1.78. The largest absolute Gasteiger partial charge is 0.457 e. The Hall–Kier alpha value is -1.42. The van der Waals surface area contributed by atoms with E-state index in [0.29, 0.717) is 10.8 Å². The second-order valence-corrected chi connectivity index (χ2v) is 5.07. The fraction of sp³-hybridized carbons (Fsp3) is 0.500. The van der Waals surface area contributed by atoms with E-state index in [2.05, 4.69) is 0 Å². The number of carbonyl (C=O) groups is 1. The van der Waals surface area contributed by atoms with Crippen LogP contribution in [0.1, 0.15) is 24.8 Å². The number of likely N-dealkylation sites (tertiary alicyclic amines) is 1. The van der Waals surface area contributed by atoms with E-state index in [1.165, 1.54) is 6.42 Å².